The molecule has 42 heavy (non-hydrogen) atoms. The highest BCUT2D eigenvalue weighted by Gasteiger charge is 2.33. The summed E-state index contributed by atoms with van der Waals surface area (Å²) < 4.78 is 51.3. The molecule has 0 radical (unpaired) electrons. The summed E-state index contributed by atoms with van der Waals surface area (Å²) in [5.74, 6) is -2.11. The molecule has 0 unspecified atom stereocenters. The lowest BCUT2D eigenvalue weighted by molar-refractivity contribution is -0.125. The highest BCUT2D eigenvalue weighted by atomic mass is 28.3. The van der Waals surface area contributed by atoms with E-state index in [-0.39, 0.29) is 35.7 Å². The van der Waals surface area contributed by atoms with Crippen molar-refractivity contribution in [3.8, 4) is 22.8 Å². The van der Waals surface area contributed by atoms with Crippen molar-refractivity contribution in [1.82, 2.24) is 19.3 Å². The first kappa shape index (κ1) is 30.1. The lowest BCUT2D eigenvalue weighted by Gasteiger charge is -2.37. The normalized spacial score (nSPS) is 14.7. The number of nitrogens with zero attached hydrogens (tertiary/aromatic N) is 4. The van der Waals surface area contributed by atoms with E-state index in [2.05, 4.69) is 36.6 Å². The number of ketones is 1. The van der Waals surface area contributed by atoms with Crippen LogP contribution in [0.2, 0.25) is 25.7 Å². The molecule has 1 saturated heterocycles. The van der Waals surface area contributed by atoms with E-state index >= 15 is 8.78 Å². The van der Waals surface area contributed by atoms with Gasteiger partial charge in [0.25, 0.3) is 0 Å². The van der Waals surface area contributed by atoms with Gasteiger partial charge in [0.05, 0.1) is 24.3 Å². The summed E-state index contributed by atoms with van der Waals surface area (Å²) in [6.07, 6.45) is 6.10. The van der Waals surface area contributed by atoms with Crippen molar-refractivity contribution in [1.29, 1.82) is 0 Å². The molecule has 0 saturated carbocycles. The first-order valence-electron chi connectivity index (χ1n) is 14.2. The lowest BCUT2D eigenvalue weighted by atomic mass is 9.82. The van der Waals surface area contributed by atoms with Crippen LogP contribution in [0.3, 0.4) is 0 Å². The third-order valence-corrected chi connectivity index (χ3v) is 9.33. The van der Waals surface area contributed by atoms with Gasteiger partial charge in [0.15, 0.2) is 17.4 Å². The zero-order valence-corrected chi connectivity index (χ0v) is 25.9. The van der Waals surface area contributed by atoms with E-state index in [0.29, 0.717) is 43.7 Å². The molecule has 0 amide bonds. The van der Waals surface area contributed by atoms with Crippen LogP contribution < -0.4 is 4.74 Å². The van der Waals surface area contributed by atoms with Crippen LogP contribution >= 0.6 is 0 Å². The minimum Gasteiger partial charge on any atom is -0.450 e. The Balaban J connectivity index is 1.40. The second-order valence-electron chi connectivity index (χ2n) is 12.7. The lowest BCUT2D eigenvalue weighted by Crippen LogP contribution is -2.40. The van der Waals surface area contributed by atoms with Crippen LogP contribution in [0, 0.1) is 17.0 Å². The van der Waals surface area contributed by atoms with E-state index < -0.39 is 25.5 Å². The number of halogens is 2. The molecular formula is C31H38F2N4O4Si. The van der Waals surface area contributed by atoms with Gasteiger partial charge in [0.2, 0.25) is 0 Å². The maximum atomic E-state index is 15.3. The van der Waals surface area contributed by atoms with Gasteiger partial charge < -0.3 is 18.8 Å². The second kappa shape index (κ2) is 12.1. The number of aryl methyl sites for hydroxylation is 1. The van der Waals surface area contributed by atoms with Gasteiger partial charge in [-0.1, -0.05) is 26.6 Å². The number of pyridine rings is 1. The molecule has 0 atom stereocenters. The van der Waals surface area contributed by atoms with E-state index in [0.717, 1.165) is 17.3 Å². The number of carbonyl (C=O) groups is 1. The number of Topliss-reactive ketones (excluding diaryl/α,β-unsaturated/α-hetero) is 1. The molecule has 0 N–H and O–H groups in total. The molecule has 1 aliphatic rings. The van der Waals surface area contributed by atoms with Crippen LogP contribution in [0.4, 0.5) is 8.78 Å². The third kappa shape index (κ3) is 6.79. The molecule has 4 aromatic rings. The van der Waals surface area contributed by atoms with Gasteiger partial charge in [-0.15, -0.1) is 0 Å². The third-order valence-electron chi connectivity index (χ3n) is 7.62. The van der Waals surface area contributed by atoms with Gasteiger partial charge in [-0.25, -0.2) is 13.8 Å². The Morgan fingerprint density at radius 1 is 1.14 bits per heavy atom. The van der Waals surface area contributed by atoms with Crippen LogP contribution in [0.15, 0.2) is 42.9 Å². The molecule has 0 bridgehead atoms. The maximum Gasteiger partial charge on any atom is 0.198 e. The SMILES string of the molecule is Cn1nccc1-c1cn(COCC[Si](C)(C)C)c2nccc(Oc3c(F)cc(CC(=O)CCC4(C)COC4)cc3F)c12. The minimum atomic E-state index is -1.26. The molecular weight excluding hydrogens is 558 g/mol. The smallest absolute Gasteiger partial charge is 0.198 e. The second-order valence-corrected chi connectivity index (χ2v) is 18.3. The van der Waals surface area contributed by atoms with Crippen LogP contribution in [0.5, 0.6) is 11.5 Å². The fourth-order valence-corrected chi connectivity index (χ4v) is 5.77. The Morgan fingerprint density at radius 2 is 1.88 bits per heavy atom. The summed E-state index contributed by atoms with van der Waals surface area (Å²) in [5, 5.41) is 4.87. The van der Waals surface area contributed by atoms with Gasteiger partial charge in [0.1, 0.15) is 23.9 Å². The standard InChI is InChI=1S/C31H38F2N4O4Si/c1-31(18-40-19-31)9-6-22(38)14-21-15-24(32)29(25(33)16-21)41-27-8-10-34-30-28(27)23(26-7-11-35-36(26)2)17-37(30)20-39-12-13-42(3,4)5/h7-8,10-11,15-17H,6,9,12-14,18-20H2,1-5H3. The number of benzene rings is 1. The Morgan fingerprint density at radius 3 is 2.50 bits per heavy atom. The molecule has 11 heteroatoms. The Bertz CT molecular complexity index is 1570. The number of fused-ring (bicyclic) bond motifs is 1. The predicted molar refractivity (Wildman–Crippen MR) is 159 cm³/mol. The largest absolute Gasteiger partial charge is 0.450 e. The number of hydrogen-bond donors (Lipinski definition) is 0. The van der Waals surface area contributed by atoms with Gasteiger partial charge in [-0.05, 0) is 42.3 Å². The molecule has 1 aliphatic heterocycles. The van der Waals surface area contributed by atoms with Gasteiger partial charge in [-0.3, -0.25) is 9.48 Å². The van der Waals surface area contributed by atoms with Crippen LogP contribution in [-0.4, -0.2) is 53.0 Å². The van der Waals surface area contributed by atoms with Gasteiger partial charge in [0, 0.05) is 64.1 Å². The summed E-state index contributed by atoms with van der Waals surface area (Å²) in [6.45, 7) is 11.1. The Hall–Kier alpha value is -3.41. The van der Waals surface area contributed by atoms with Crippen molar-refractivity contribution in [2.45, 2.75) is 58.6 Å². The molecule has 1 fully saturated rings. The van der Waals surface area contributed by atoms with Crippen LogP contribution in [0.1, 0.15) is 25.3 Å². The molecule has 1 aromatic carbocycles. The van der Waals surface area contributed by atoms with Crippen molar-refractivity contribution in [2.24, 2.45) is 12.5 Å². The van der Waals surface area contributed by atoms with E-state index in [1.807, 2.05) is 23.9 Å². The quantitative estimate of drug-likeness (QED) is 0.126. The average Bonchev–Trinajstić information content (AvgIpc) is 3.49. The topological polar surface area (TPSA) is 80.4 Å². The molecule has 4 heterocycles. The molecule has 8 nitrogen and oxygen atoms in total. The maximum absolute atomic E-state index is 15.3. The average molecular weight is 597 g/mol. The summed E-state index contributed by atoms with van der Waals surface area (Å²) in [7, 11) is 0.561. The Kier molecular flexibility index (Phi) is 8.63. The molecule has 3 aromatic heterocycles. The number of aromatic nitrogens is 4. The molecule has 224 valence electrons. The van der Waals surface area contributed by atoms with Crippen molar-refractivity contribution in [3.05, 3.63) is 60.1 Å². The highest BCUT2D eigenvalue weighted by molar-refractivity contribution is 6.76. The summed E-state index contributed by atoms with van der Waals surface area (Å²) in [6, 6.07) is 6.80. The van der Waals surface area contributed by atoms with Crippen molar-refractivity contribution in [2.75, 3.05) is 19.8 Å². The first-order valence-corrected chi connectivity index (χ1v) is 17.9. The Labute approximate surface area is 245 Å². The molecule has 5 rings (SSSR count). The predicted octanol–water partition coefficient (Wildman–Crippen LogP) is 6.75. The van der Waals surface area contributed by atoms with Crippen LogP contribution in [-0.2, 0) is 34.5 Å². The van der Waals surface area contributed by atoms with E-state index in [9.17, 15) is 4.79 Å². The van der Waals surface area contributed by atoms with Crippen molar-refractivity contribution in [3.63, 3.8) is 0 Å². The number of carbonyl (C=O) groups excluding carboxylic acids is 1. The fraction of sp³-hybridized carbons (Fsp3) is 0.452. The summed E-state index contributed by atoms with van der Waals surface area (Å²) in [4.78, 5) is 17.1. The van der Waals surface area contributed by atoms with Gasteiger partial charge in [-0.2, -0.15) is 5.10 Å². The van der Waals surface area contributed by atoms with Gasteiger partial charge >= 0.3 is 0 Å². The zero-order chi connectivity index (χ0) is 30.1. The van der Waals surface area contributed by atoms with Crippen molar-refractivity contribution < 1.29 is 27.8 Å². The summed E-state index contributed by atoms with van der Waals surface area (Å²) in [5.41, 5.74) is 2.37. The number of ether oxygens (including phenoxy) is 3. The molecule has 0 aliphatic carbocycles. The zero-order valence-electron chi connectivity index (χ0n) is 24.9. The summed E-state index contributed by atoms with van der Waals surface area (Å²) >= 11 is 0. The minimum absolute atomic E-state index is 0.00706. The van der Waals surface area contributed by atoms with E-state index in [4.69, 9.17) is 14.2 Å². The highest BCUT2D eigenvalue weighted by Crippen LogP contribution is 2.39. The van der Waals surface area contributed by atoms with Crippen LogP contribution in [0.25, 0.3) is 22.3 Å². The van der Waals surface area contributed by atoms with E-state index in [1.165, 1.54) is 12.1 Å². The first-order chi connectivity index (χ1) is 19.9. The van der Waals surface area contributed by atoms with Crippen molar-refractivity contribution >= 4 is 24.9 Å². The number of rotatable bonds is 13. The molecule has 0 spiro atoms. The monoisotopic (exact) mass is 596 g/mol. The van der Waals surface area contributed by atoms with E-state index in [1.54, 1.807) is 23.1 Å². The fourth-order valence-electron chi connectivity index (χ4n) is 5.02. The number of hydrogen-bond acceptors (Lipinski definition) is 6.